The zero-order valence-corrected chi connectivity index (χ0v) is 26.9. The Balaban J connectivity index is 1.45. The van der Waals surface area contributed by atoms with Crippen LogP contribution in [0.3, 0.4) is 0 Å². The van der Waals surface area contributed by atoms with Gasteiger partial charge in [0, 0.05) is 23.2 Å². The molecule has 1 saturated heterocycles. The molecule has 2 aromatic carbocycles. The molecular weight excluding hydrogens is 574 g/mol. The normalized spacial score (nSPS) is 21.4. The Hall–Kier alpha value is -3.50. The van der Waals surface area contributed by atoms with Crippen molar-refractivity contribution in [3.05, 3.63) is 65.2 Å². The molecule has 2 aliphatic heterocycles. The number of hydrogen-bond donors (Lipinski definition) is 2. The minimum atomic E-state index is -4.10. The van der Waals surface area contributed by atoms with Gasteiger partial charge in [-0.15, -0.1) is 0 Å². The lowest BCUT2D eigenvalue weighted by Crippen LogP contribution is -2.59. The van der Waals surface area contributed by atoms with Crippen LogP contribution in [-0.4, -0.2) is 61.0 Å². The molecule has 234 valence electrons. The van der Waals surface area contributed by atoms with Crippen LogP contribution in [0.1, 0.15) is 73.9 Å². The van der Waals surface area contributed by atoms with Gasteiger partial charge in [-0.2, -0.15) is 4.98 Å². The second kappa shape index (κ2) is 12.1. The molecule has 1 aliphatic carbocycles. The molecule has 3 aromatic rings. The smallest absolute Gasteiger partial charge is 0.264 e. The van der Waals surface area contributed by atoms with Crippen molar-refractivity contribution in [3.8, 4) is 17.1 Å². The number of benzene rings is 2. The molecule has 1 amide bonds. The van der Waals surface area contributed by atoms with Gasteiger partial charge in [0.2, 0.25) is 11.8 Å². The number of hydrogen-bond acceptors (Lipinski definition) is 7. The van der Waals surface area contributed by atoms with Gasteiger partial charge in [-0.05, 0) is 106 Å². The highest BCUT2D eigenvalue weighted by Gasteiger charge is 2.49. The molecule has 1 atom stereocenters. The van der Waals surface area contributed by atoms with Gasteiger partial charge in [0.05, 0.1) is 16.6 Å². The number of piperidine rings is 1. The fraction of sp³-hybridized carbons (Fsp3) is 0.500. The Morgan fingerprint density at radius 3 is 2.43 bits per heavy atom. The third-order valence-electron chi connectivity index (χ3n) is 9.58. The fourth-order valence-electron chi connectivity index (χ4n) is 7.16. The number of amides is 1. The zero-order valence-electron chi connectivity index (χ0n) is 26.1. The van der Waals surface area contributed by atoms with Crippen molar-refractivity contribution in [1.82, 2.24) is 20.2 Å². The minimum absolute atomic E-state index is 0.00624. The number of fused-ring (bicyclic) bond motifs is 4. The standard InChI is InChI=1S/C34H43N5O4S/c1-22(2)11-12-26-21-43-30-18-29(31-23(3)7-5-8-24(31)4)36-33(37-30)38-44(41,42)28-10-6-9-25(17-28)32(40)39(26)27-19-34(20-27)13-15-35-16-14-34/h5-10,17-18,22,26-27,35H,11-16,19-21H2,1-4H3,(H,36,37,38)/t26-/m1/s1. The Morgan fingerprint density at radius 2 is 1.73 bits per heavy atom. The summed E-state index contributed by atoms with van der Waals surface area (Å²) in [7, 11) is -4.10. The third kappa shape index (κ3) is 6.19. The number of aryl methyl sites for hydroxylation is 2. The molecule has 6 rings (SSSR count). The highest BCUT2D eigenvalue weighted by Crippen LogP contribution is 2.51. The van der Waals surface area contributed by atoms with E-state index < -0.39 is 10.0 Å². The molecule has 2 fully saturated rings. The van der Waals surface area contributed by atoms with E-state index in [9.17, 15) is 13.2 Å². The summed E-state index contributed by atoms with van der Waals surface area (Å²) < 4.78 is 36.2. The fourth-order valence-corrected chi connectivity index (χ4v) is 8.15. The summed E-state index contributed by atoms with van der Waals surface area (Å²) in [6.07, 6.45) is 5.83. The average Bonchev–Trinajstić information content (AvgIpc) is 2.97. The molecule has 9 nitrogen and oxygen atoms in total. The van der Waals surface area contributed by atoms with Crippen molar-refractivity contribution < 1.29 is 17.9 Å². The second-order valence-corrected chi connectivity index (χ2v) is 15.0. The van der Waals surface area contributed by atoms with Crippen molar-refractivity contribution >= 4 is 21.9 Å². The van der Waals surface area contributed by atoms with Crippen LogP contribution in [0, 0.1) is 25.2 Å². The van der Waals surface area contributed by atoms with Crippen molar-refractivity contribution in [1.29, 1.82) is 0 Å². The lowest BCUT2D eigenvalue weighted by atomic mass is 9.60. The van der Waals surface area contributed by atoms with E-state index in [0.29, 0.717) is 17.2 Å². The Kier molecular flexibility index (Phi) is 8.41. The summed E-state index contributed by atoms with van der Waals surface area (Å²) in [5, 5.41) is 3.47. The number of nitrogens with one attached hydrogen (secondary N) is 2. The van der Waals surface area contributed by atoms with E-state index >= 15 is 0 Å². The van der Waals surface area contributed by atoms with Gasteiger partial charge in [-0.25, -0.2) is 18.1 Å². The average molecular weight is 618 g/mol. The maximum Gasteiger partial charge on any atom is 0.264 e. The number of anilines is 1. The number of sulfonamides is 1. The van der Waals surface area contributed by atoms with Gasteiger partial charge < -0.3 is 15.0 Å². The van der Waals surface area contributed by atoms with E-state index in [0.717, 1.165) is 68.3 Å². The highest BCUT2D eigenvalue weighted by molar-refractivity contribution is 7.92. The summed E-state index contributed by atoms with van der Waals surface area (Å²) in [5.41, 5.74) is 4.12. The maximum absolute atomic E-state index is 14.4. The van der Waals surface area contributed by atoms with E-state index in [1.54, 1.807) is 18.2 Å². The van der Waals surface area contributed by atoms with E-state index in [2.05, 4.69) is 33.9 Å². The Bertz CT molecular complexity index is 1620. The van der Waals surface area contributed by atoms with Crippen LogP contribution < -0.4 is 14.8 Å². The summed E-state index contributed by atoms with van der Waals surface area (Å²) in [4.78, 5) is 25.5. The van der Waals surface area contributed by atoms with Crippen molar-refractivity contribution in [2.45, 2.75) is 83.2 Å². The van der Waals surface area contributed by atoms with Crippen LogP contribution >= 0.6 is 0 Å². The van der Waals surface area contributed by atoms with Crippen molar-refractivity contribution in [2.24, 2.45) is 11.3 Å². The van der Waals surface area contributed by atoms with Gasteiger partial charge in [0.25, 0.3) is 15.9 Å². The van der Waals surface area contributed by atoms with Crippen molar-refractivity contribution in [2.75, 3.05) is 24.4 Å². The molecule has 1 spiro atoms. The third-order valence-corrected chi connectivity index (χ3v) is 10.9. The van der Waals surface area contributed by atoms with Crippen molar-refractivity contribution in [3.63, 3.8) is 0 Å². The van der Waals surface area contributed by atoms with Gasteiger partial charge in [0.1, 0.15) is 6.61 Å². The van der Waals surface area contributed by atoms with Gasteiger partial charge in [-0.3, -0.25) is 4.79 Å². The molecule has 44 heavy (non-hydrogen) atoms. The molecule has 2 N–H and O–H groups in total. The number of carbonyl (C=O) groups is 1. The van der Waals surface area contributed by atoms with E-state index in [1.165, 1.54) is 12.1 Å². The molecule has 3 aliphatic rings. The lowest BCUT2D eigenvalue weighted by Gasteiger charge is -2.55. The van der Waals surface area contributed by atoms with Gasteiger partial charge in [-0.1, -0.05) is 38.1 Å². The first-order valence-corrected chi connectivity index (χ1v) is 17.3. The molecule has 1 saturated carbocycles. The number of ether oxygens (including phenoxy) is 1. The number of carbonyl (C=O) groups excluding carboxylic acids is 1. The predicted molar refractivity (Wildman–Crippen MR) is 171 cm³/mol. The van der Waals surface area contributed by atoms with Crippen LogP contribution in [0.5, 0.6) is 5.88 Å². The first-order chi connectivity index (χ1) is 21.0. The van der Waals surface area contributed by atoms with E-state index in [-0.39, 0.29) is 46.7 Å². The van der Waals surface area contributed by atoms with Crippen LogP contribution in [0.4, 0.5) is 5.95 Å². The molecule has 4 bridgehead atoms. The zero-order chi connectivity index (χ0) is 31.1. The number of nitrogens with zero attached hydrogens (tertiary/aromatic N) is 3. The van der Waals surface area contributed by atoms with Crippen LogP contribution in [0.15, 0.2) is 53.4 Å². The van der Waals surface area contributed by atoms with Crippen LogP contribution in [0.25, 0.3) is 11.3 Å². The maximum atomic E-state index is 14.4. The largest absolute Gasteiger partial charge is 0.475 e. The number of rotatable bonds is 5. The summed E-state index contributed by atoms with van der Waals surface area (Å²) >= 11 is 0. The molecular formula is C34H43N5O4S. The monoisotopic (exact) mass is 617 g/mol. The quantitative estimate of drug-likeness (QED) is 0.376. The van der Waals surface area contributed by atoms with Gasteiger partial charge in [0.15, 0.2) is 0 Å². The topological polar surface area (TPSA) is 114 Å². The highest BCUT2D eigenvalue weighted by atomic mass is 32.2. The van der Waals surface area contributed by atoms with Crippen LogP contribution in [0.2, 0.25) is 0 Å². The molecule has 1 aromatic heterocycles. The van der Waals surface area contributed by atoms with E-state index in [1.807, 2.05) is 36.9 Å². The minimum Gasteiger partial charge on any atom is -0.475 e. The molecule has 0 radical (unpaired) electrons. The lowest BCUT2D eigenvalue weighted by molar-refractivity contribution is -0.0358. The first kappa shape index (κ1) is 30.5. The number of aromatic nitrogens is 2. The Morgan fingerprint density at radius 1 is 1.02 bits per heavy atom. The van der Waals surface area contributed by atoms with Crippen LogP contribution in [-0.2, 0) is 10.0 Å². The first-order valence-electron chi connectivity index (χ1n) is 15.8. The summed E-state index contributed by atoms with van der Waals surface area (Å²) in [6, 6.07) is 13.9. The predicted octanol–water partition coefficient (Wildman–Crippen LogP) is 5.73. The second-order valence-electron chi connectivity index (χ2n) is 13.3. The Labute approximate surface area is 260 Å². The molecule has 3 heterocycles. The summed E-state index contributed by atoms with van der Waals surface area (Å²) in [5.74, 6) is 0.499. The molecule has 0 unspecified atom stereocenters. The van der Waals surface area contributed by atoms with Gasteiger partial charge >= 0.3 is 0 Å². The van der Waals surface area contributed by atoms with E-state index in [4.69, 9.17) is 4.74 Å². The SMILES string of the molecule is Cc1cccc(C)c1-c1cc2nc(n1)NS(=O)(=O)c1cccc(c1)C(=O)N(C1CC3(CCNCC3)C1)[C@H](CCC(C)C)CO2. The summed E-state index contributed by atoms with van der Waals surface area (Å²) in [6.45, 7) is 10.6. The molecule has 10 heteroatoms.